The lowest BCUT2D eigenvalue weighted by Gasteiger charge is -2.34. The largest absolute Gasteiger partial charge is 0.480 e. The summed E-state index contributed by atoms with van der Waals surface area (Å²) in [5.41, 5.74) is 0. The molecule has 7 nitrogen and oxygen atoms in total. The van der Waals surface area contributed by atoms with Gasteiger partial charge in [-0.15, -0.1) is 0 Å². The lowest BCUT2D eigenvalue weighted by Crippen LogP contribution is -2.56. The first-order valence-electron chi connectivity index (χ1n) is 5.95. The second kappa shape index (κ2) is 6.46. The highest BCUT2D eigenvalue weighted by atomic mass is 32.2. The van der Waals surface area contributed by atoms with Crippen molar-refractivity contribution in [3.63, 3.8) is 0 Å². The van der Waals surface area contributed by atoms with Gasteiger partial charge in [-0.05, 0) is 6.42 Å². The second-order valence-electron chi connectivity index (χ2n) is 4.22. The van der Waals surface area contributed by atoms with E-state index < -0.39 is 22.2 Å². The van der Waals surface area contributed by atoms with Gasteiger partial charge < -0.3 is 9.84 Å². The van der Waals surface area contributed by atoms with Gasteiger partial charge in [-0.2, -0.15) is 17.0 Å². The quantitative estimate of drug-likeness (QED) is 0.725. The maximum Gasteiger partial charge on any atom is 0.324 e. The molecule has 1 unspecified atom stereocenters. The molecule has 18 heavy (non-hydrogen) atoms. The van der Waals surface area contributed by atoms with Gasteiger partial charge in [0.1, 0.15) is 6.04 Å². The predicted octanol–water partition coefficient (Wildman–Crippen LogP) is -0.251. The van der Waals surface area contributed by atoms with Gasteiger partial charge in [0, 0.05) is 20.1 Å². The van der Waals surface area contributed by atoms with E-state index in [9.17, 15) is 13.2 Å². The van der Waals surface area contributed by atoms with Crippen LogP contribution < -0.4 is 0 Å². The van der Waals surface area contributed by atoms with E-state index in [2.05, 4.69) is 0 Å². The molecule has 0 saturated carbocycles. The number of rotatable bonds is 6. The summed E-state index contributed by atoms with van der Waals surface area (Å²) in [6, 6.07) is -1.13. The first kappa shape index (κ1) is 15.4. The second-order valence-corrected chi connectivity index (χ2v) is 6.21. The first-order chi connectivity index (χ1) is 8.41. The Kier molecular flexibility index (Phi) is 5.51. The number of ether oxygens (including phenoxy) is 1. The minimum atomic E-state index is -3.72. The Balaban J connectivity index is 2.83. The highest BCUT2D eigenvalue weighted by Crippen LogP contribution is 2.16. The number of morpholine rings is 1. The summed E-state index contributed by atoms with van der Waals surface area (Å²) in [7, 11) is -2.25. The summed E-state index contributed by atoms with van der Waals surface area (Å²) in [5, 5.41) is 9.03. The Hall–Kier alpha value is -0.700. The molecule has 106 valence electrons. The highest BCUT2D eigenvalue weighted by Gasteiger charge is 2.39. The van der Waals surface area contributed by atoms with Gasteiger partial charge in [-0.1, -0.05) is 13.3 Å². The molecular weight excluding hydrogens is 260 g/mol. The average Bonchev–Trinajstić information content (AvgIpc) is 2.35. The van der Waals surface area contributed by atoms with E-state index in [1.165, 1.54) is 11.4 Å². The molecular formula is C10H20N2O5S. The zero-order valence-corrected chi connectivity index (χ0v) is 11.5. The number of aliphatic carboxylic acids is 1. The zero-order chi connectivity index (χ0) is 13.8. The number of hydrogen-bond donors (Lipinski definition) is 1. The third-order valence-corrected chi connectivity index (χ3v) is 4.88. The van der Waals surface area contributed by atoms with Gasteiger partial charge in [0.05, 0.1) is 13.2 Å². The Morgan fingerprint density at radius 2 is 2.22 bits per heavy atom. The summed E-state index contributed by atoms with van der Waals surface area (Å²) in [6.07, 6.45) is 1.63. The predicted molar refractivity (Wildman–Crippen MR) is 65.4 cm³/mol. The van der Waals surface area contributed by atoms with Crippen LogP contribution in [0.2, 0.25) is 0 Å². The molecule has 8 heteroatoms. The summed E-state index contributed by atoms with van der Waals surface area (Å²) in [5.74, 6) is -1.18. The SMILES string of the molecule is CCCCN(C)S(=O)(=O)N1CCOCC1C(=O)O. The minimum absolute atomic E-state index is 0.0791. The molecule has 1 atom stereocenters. The molecule has 0 spiro atoms. The van der Waals surface area contributed by atoms with Gasteiger partial charge in [0.2, 0.25) is 0 Å². The smallest absolute Gasteiger partial charge is 0.324 e. The van der Waals surface area contributed by atoms with Crippen LogP contribution in [-0.4, -0.2) is 67.5 Å². The van der Waals surface area contributed by atoms with Gasteiger partial charge in [0.15, 0.2) is 0 Å². The van der Waals surface area contributed by atoms with Crippen LogP contribution in [0.1, 0.15) is 19.8 Å². The van der Waals surface area contributed by atoms with E-state index in [4.69, 9.17) is 9.84 Å². The fourth-order valence-electron chi connectivity index (χ4n) is 1.73. The maximum atomic E-state index is 12.2. The van der Waals surface area contributed by atoms with Crippen molar-refractivity contribution in [2.24, 2.45) is 0 Å². The summed E-state index contributed by atoms with van der Waals surface area (Å²) < 4.78 is 31.7. The molecule has 0 radical (unpaired) electrons. The average molecular weight is 280 g/mol. The molecule has 0 aromatic carbocycles. The van der Waals surface area contributed by atoms with Gasteiger partial charge in [-0.3, -0.25) is 4.79 Å². The number of carboxylic acids is 1. The lowest BCUT2D eigenvalue weighted by atomic mass is 10.3. The molecule has 0 bridgehead atoms. The van der Waals surface area contributed by atoms with Crippen LogP contribution in [-0.2, 0) is 19.7 Å². The molecule has 0 aromatic heterocycles. The van der Waals surface area contributed by atoms with E-state index in [0.29, 0.717) is 6.54 Å². The normalized spacial score (nSPS) is 22.3. The molecule has 1 aliphatic heterocycles. The van der Waals surface area contributed by atoms with Crippen molar-refractivity contribution < 1.29 is 23.1 Å². The summed E-state index contributed by atoms with van der Waals surface area (Å²) in [4.78, 5) is 11.0. The van der Waals surface area contributed by atoms with Crippen molar-refractivity contribution in [3.8, 4) is 0 Å². The van der Waals surface area contributed by atoms with E-state index in [0.717, 1.165) is 17.1 Å². The Morgan fingerprint density at radius 3 is 2.78 bits per heavy atom. The summed E-state index contributed by atoms with van der Waals surface area (Å²) in [6.45, 7) is 2.56. The Bertz CT molecular complexity index is 384. The maximum absolute atomic E-state index is 12.2. The molecule has 1 N–H and O–H groups in total. The molecule has 0 aromatic rings. The van der Waals surface area contributed by atoms with Crippen molar-refractivity contribution in [2.45, 2.75) is 25.8 Å². The van der Waals surface area contributed by atoms with E-state index in [1.54, 1.807) is 0 Å². The van der Waals surface area contributed by atoms with Crippen molar-refractivity contribution in [1.29, 1.82) is 0 Å². The van der Waals surface area contributed by atoms with E-state index >= 15 is 0 Å². The van der Waals surface area contributed by atoms with E-state index in [1.807, 2.05) is 6.92 Å². The van der Waals surface area contributed by atoms with Gasteiger partial charge in [0.25, 0.3) is 10.2 Å². The van der Waals surface area contributed by atoms with E-state index in [-0.39, 0.29) is 19.8 Å². The van der Waals surface area contributed by atoms with Crippen LogP contribution in [0.4, 0.5) is 0 Å². The Labute approximate surface area is 108 Å². The van der Waals surface area contributed by atoms with Crippen molar-refractivity contribution in [2.75, 3.05) is 33.4 Å². The van der Waals surface area contributed by atoms with Crippen LogP contribution in [0.3, 0.4) is 0 Å². The number of hydrogen-bond acceptors (Lipinski definition) is 4. The van der Waals surface area contributed by atoms with Crippen LogP contribution in [0.15, 0.2) is 0 Å². The van der Waals surface area contributed by atoms with Crippen LogP contribution in [0.25, 0.3) is 0 Å². The molecule has 0 aliphatic carbocycles. The molecule has 0 amide bonds. The van der Waals surface area contributed by atoms with Crippen LogP contribution >= 0.6 is 0 Å². The molecule has 1 rings (SSSR count). The molecule has 1 aliphatic rings. The first-order valence-corrected chi connectivity index (χ1v) is 7.34. The fourth-order valence-corrected chi connectivity index (χ4v) is 3.23. The van der Waals surface area contributed by atoms with Crippen molar-refractivity contribution in [1.82, 2.24) is 8.61 Å². The number of unbranched alkanes of at least 4 members (excludes halogenated alkanes) is 1. The minimum Gasteiger partial charge on any atom is -0.480 e. The summed E-state index contributed by atoms with van der Waals surface area (Å²) >= 11 is 0. The molecule has 1 fully saturated rings. The molecule has 1 heterocycles. The number of nitrogens with zero attached hydrogens (tertiary/aromatic N) is 2. The van der Waals surface area contributed by atoms with Crippen LogP contribution in [0.5, 0.6) is 0 Å². The molecule has 1 saturated heterocycles. The van der Waals surface area contributed by atoms with Crippen LogP contribution in [0, 0.1) is 0 Å². The third kappa shape index (κ3) is 3.41. The fraction of sp³-hybridized carbons (Fsp3) is 0.900. The Morgan fingerprint density at radius 1 is 1.56 bits per heavy atom. The standard InChI is InChI=1S/C10H20N2O5S/c1-3-4-5-11(2)18(15,16)12-6-7-17-8-9(12)10(13)14/h9H,3-8H2,1-2H3,(H,13,14). The number of carboxylic acid groups (broad SMARTS) is 1. The van der Waals surface area contributed by atoms with Crippen molar-refractivity contribution >= 4 is 16.2 Å². The van der Waals surface area contributed by atoms with Gasteiger partial charge in [-0.25, -0.2) is 0 Å². The lowest BCUT2D eigenvalue weighted by molar-refractivity contribution is -0.146. The zero-order valence-electron chi connectivity index (χ0n) is 10.7. The van der Waals surface area contributed by atoms with Gasteiger partial charge >= 0.3 is 5.97 Å². The highest BCUT2D eigenvalue weighted by molar-refractivity contribution is 7.86. The monoisotopic (exact) mass is 280 g/mol. The van der Waals surface area contributed by atoms with Crippen molar-refractivity contribution in [3.05, 3.63) is 0 Å². The number of carbonyl (C=O) groups is 1. The third-order valence-electron chi connectivity index (χ3n) is 2.88. The topological polar surface area (TPSA) is 87.2 Å².